The minimum absolute atomic E-state index is 0.800. The summed E-state index contributed by atoms with van der Waals surface area (Å²) in [5.41, 5.74) is 2.88. The summed E-state index contributed by atoms with van der Waals surface area (Å²) in [6.45, 7) is 4.53. The smallest absolute Gasteiger partial charge is 0.0233 e. The van der Waals surface area contributed by atoms with Gasteiger partial charge in [0.15, 0.2) is 0 Å². The molecule has 1 N–H and O–H groups in total. The van der Waals surface area contributed by atoms with Crippen LogP contribution >= 0.6 is 0 Å². The molecule has 0 amide bonds. The molecule has 2 nitrogen and oxygen atoms in total. The lowest BCUT2D eigenvalue weighted by molar-refractivity contribution is 0.242. The Hall–Kier alpha value is -0.860. The third kappa shape index (κ3) is 2.45. The van der Waals surface area contributed by atoms with Gasteiger partial charge >= 0.3 is 0 Å². The first-order valence-electron chi connectivity index (χ1n) is 7.21. The zero-order valence-corrected chi connectivity index (χ0v) is 11.5. The minimum atomic E-state index is 0.800. The Morgan fingerprint density at radius 1 is 1.28 bits per heavy atom. The van der Waals surface area contributed by atoms with E-state index in [0.717, 1.165) is 24.5 Å². The lowest BCUT2D eigenvalue weighted by atomic mass is 9.89. The highest BCUT2D eigenvalue weighted by Gasteiger charge is 2.39. The molecule has 3 atom stereocenters. The van der Waals surface area contributed by atoms with Crippen LogP contribution in [0.3, 0.4) is 0 Å². The number of hydrogen-bond acceptors (Lipinski definition) is 2. The van der Waals surface area contributed by atoms with Gasteiger partial charge in [0.25, 0.3) is 0 Å². The van der Waals surface area contributed by atoms with Gasteiger partial charge in [0.05, 0.1) is 0 Å². The first kappa shape index (κ1) is 12.2. The summed E-state index contributed by atoms with van der Waals surface area (Å²) >= 11 is 0. The summed E-state index contributed by atoms with van der Waals surface area (Å²) < 4.78 is 0. The van der Waals surface area contributed by atoms with Gasteiger partial charge in [-0.2, -0.15) is 0 Å². The molecule has 3 rings (SSSR count). The van der Waals surface area contributed by atoms with Crippen molar-refractivity contribution in [2.75, 3.05) is 13.6 Å². The highest BCUT2D eigenvalue weighted by Crippen LogP contribution is 2.33. The van der Waals surface area contributed by atoms with Gasteiger partial charge in [0.1, 0.15) is 0 Å². The quantitative estimate of drug-likeness (QED) is 0.875. The maximum Gasteiger partial charge on any atom is 0.0233 e. The SMILES string of the molecule is Cc1ccccc1CN(C)CC1CC2CCC1N2. The zero-order chi connectivity index (χ0) is 12.5. The molecule has 0 aromatic heterocycles. The van der Waals surface area contributed by atoms with Crippen LogP contribution in [0.2, 0.25) is 0 Å². The molecule has 0 aliphatic carbocycles. The summed E-state index contributed by atoms with van der Waals surface area (Å²) in [7, 11) is 2.26. The van der Waals surface area contributed by atoms with E-state index in [1.807, 2.05) is 0 Å². The number of nitrogens with one attached hydrogen (secondary N) is 1. The summed E-state index contributed by atoms with van der Waals surface area (Å²) in [5, 5.41) is 3.73. The van der Waals surface area contributed by atoms with E-state index in [1.54, 1.807) is 0 Å². The van der Waals surface area contributed by atoms with Crippen LogP contribution in [0.4, 0.5) is 0 Å². The molecule has 2 aliphatic heterocycles. The van der Waals surface area contributed by atoms with Gasteiger partial charge in [-0.25, -0.2) is 0 Å². The van der Waals surface area contributed by atoms with Gasteiger partial charge in [-0.1, -0.05) is 24.3 Å². The Balaban J connectivity index is 1.56. The van der Waals surface area contributed by atoms with Crippen molar-refractivity contribution in [3.8, 4) is 0 Å². The second-order valence-corrected chi connectivity index (χ2v) is 6.17. The topological polar surface area (TPSA) is 15.3 Å². The summed E-state index contributed by atoms with van der Waals surface area (Å²) in [6, 6.07) is 10.4. The van der Waals surface area contributed by atoms with Crippen molar-refractivity contribution in [2.24, 2.45) is 5.92 Å². The second kappa shape index (κ2) is 5.02. The molecule has 2 heteroatoms. The van der Waals surface area contributed by atoms with Crippen molar-refractivity contribution in [3.63, 3.8) is 0 Å². The predicted octanol–water partition coefficient (Wildman–Crippen LogP) is 2.57. The van der Waals surface area contributed by atoms with E-state index in [4.69, 9.17) is 0 Å². The lowest BCUT2D eigenvalue weighted by Crippen LogP contribution is -2.32. The minimum Gasteiger partial charge on any atom is -0.311 e. The van der Waals surface area contributed by atoms with Crippen molar-refractivity contribution >= 4 is 0 Å². The fourth-order valence-corrected chi connectivity index (χ4v) is 3.68. The third-order valence-electron chi connectivity index (χ3n) is 4.68. The van der Waals surface area contributed by atoms with Gasteiger partial charge in [0.2, 0.25) is 0 Å². The van der Waals surface area contributed by atoms with Crippen molar-refractivity contribution in [1.82, 2.24) is 10.2 Å². The van der Waals surface area contributed by atoms with E-state index in [2.05, 4.69) is 48.5 Å². The average Bonchev–Trinajstić information content (AvgIpc) is 2.94. The number of fused-ring (bicyclic) bond motifs is 2. The lowest BCUT2D eigenvalue weighted by Gasteiger charge is -2.26. The molecule has 2 bridgehead atoms. The monoisotopic (exact) mass is 244 g/mol. The molecule has 2 aliphatic rings. The van der Waals surface area contributed by atoms with Crippen LogP contribution in [-0.4, -0.2) is 30.6 Å². The Bertz CT molecular complexity index is 415. The predicted molar refractivity (Wildman–Crippen MR) is 75.6 cm³/mol. The normalized spacial score (nSPS) is 30.3. The fraction of sp³-hybridized carbons (Fsp3) is 0.625. The van der Waals surface area contributed by atoms with E-state index < -0.39 is 0 Å². The number of benzene rings is 1. The zero-order valence-electron chi connectivity index (χ0n) is 11.5. The molecule has 2 saturated heterocycles. The van der Waals surface area contributed by atoms with Gasteiger partial charge in [-0.05, 0) is 50.3 Å². The van der Waals surface area contributed by atoms with Gasteiger partial charge in [0, 0.05) is 25.2 Å². The van der Waals surface area contributed by atoms with Crippen LogP contribution in [0.25, 0.3) is 0 Å². The van der Waals surface area contributed by atoms with E-state index in [1.165, 1.54) is 36.9 Å². The highest BCUT2D eigenvalue weighted by atomic mass is 15.1. The van der Waals surface area contributed by atoms with Gasteiger partial charge in [-0.3, -0.25) is 0 Å². The van der Waals surface area contributed by atoms with Crippen molar-refractivity contribution in [3.05, 3.63) is 35.4 Å². The maximum absolute atomic E-state index is 3.73. The summed E-state index contributed by atoms with van der Waals surface area (Å²) in [4.78, 5) is 2.50. The largest absolute Gasteiger partial charge is 0.311 e. The highest BCUT2D eigenvalue weighted by molar-refractivity contribution is 5.25. The van der Waals surface area contributed by atoms with Gasteiger partial charge in [-0.15, -0.1) is 0 Å². The van der Waals surface area contributed by atoms with Crippen molar-refractivity contribution < 1.29 is 0 Å². The van der Waals surface area contributed by atoms with Crippen LogP contribution < -0.4 is 5.32 Å². The van der Waals surface area contributed by atoms with E-state index in [0.29, 0.717) is 0 Å². The van der Waals surface area contributed by atoms with E-state index >= 15 is 0 Å². The maximum atomic E-state index is 3.73. The van der Waals surface area contributed by atoms with Crippen LogP contribution in [0, 0.1) is 12.8 Å². The number of hydrogen-bond donors (Lipinski definition) is 1. The Labute approximate surface area is 110 Å². The third-order valence-corrected chi connectivity index (χ3v) is 4.68. The van der Waals surface area contributed by atoms with Crippen LogP contribution in [-0.2, 0) is 6.54 Å². The first-order valence-corrected chi connectivity index (χ1v) is 7.21. The number of rotatable bonds is 4. The fourth-order valence-electron chi connectivity index (χ4n) is 3.68. The molecule has 0 radical (unpaired) electrons. The summed E-state index contributed by atoms with van der Waals surface area (Å²) in [6.07, 6.45) is 4.19. The van der Waals surface area contributed by atoms with E-state index in [9.17, 15) is 0 Å². The average molecular weight is 244 g/mol. The molecule has 1 aromatic carbocycles. The van der Waals surface area contributed by atoms with Crippen molar-refractivity contribution in [1.29, 1.82) is 0 Å². The Morgan fingerprint density at radius 3 is 2.78 bits per heavy atom. The molecule has 2 fully saturated rings. The molecule has 98 valence electrons. The second-order valence-electron chi connectivity index (χ2n) is 6.17. The van der Waals surface area contributed by atoms with Crippen LogP contribution in [0.5, 0.6) is 0 Å². The molecule has 0 saturated carbocycles. The first-order chi connectivity index (χ1) is 8.72. The Morgan fingerprint density at radius 2 is 2.11 bits per heavy atom. The van der Waals surface area contributed by atoms with E-state index in [-0.39, 0.29) is 0 Å². The van der Waals surface area contributed by atoms with Gasteiger partial charge < -0.3 is 10.2 Å². The number of aryl methyl sites for hydroxylation is 1. The molecular formula is C16H24N2. The standard InChI is InChI=1S/C16H24N2/c1-12-5-3-4-6-13(12)10-18(2)11-14-9-15-7-8-16(14)17-15/h3-6,14-17H,7-11H2,1-2H3. The Kier molecular flexibility index (Phi) is 3.40. The van der Waals surface area contributed by atoms with Crippen LogP contribution in [0.15, 0.2) is 24.3 Å². The van der Waals surface area contributed by atoms with Crippen LogP contribution in [0.1, 0.15) is 30.4 Å². The van der Waals surface area contributed by atoms with Crippen molar-refractivity contribution in [2.45, 2.75) is 44.8 Å². The summed E-state index contributed by atoms with van der Waals surface area (Å²) in [5.74, 6) is 0.873. The molecule has 3 unspecified atom stereocenters. The molecule has 18 heavy (non-hydrogen) atoms. The molecule has 2 heterocycles. The molecule has 1 aromatic rings. The number of nitrogens with zero attached hydrogens (tertiary/aromatic N) is 1. The molecular weight excluding hydrogens is 220 g/mol. The molecule has 0 spiro atoms.